The van der Waals surface area contributed by atoms with Crippen molar-refractivity contribution in [2.75, 3.05) is 26.2 Å². The van der Waals surface area contributed by atoms with Gasteiger partial charge in [-0.3, -0.25) is 4.79 Å². The molecule has 1 heterocycles. The van der Waals surface area contributed by atoms with Gasteiger partial charge in [-0.15, -0.1) is 0 Å². The zero-order chi connectivity index (χ0) is 16.2. The van der Waals surface area contributed by atoms with Gasteiger partial charge in [0.2, 0.25) is 15.9 Å². The van der Waals surface area contributed by atoms with E-state index in [0.717, 1.165) is 18.4 Å². The fourth-order valence-electron chi connectivity index (χ4n) is 2.71. The molecule has 1 aliphatic heterocycles. The molecule has 122 valence electrons. The summed E-state index contributed by atoms with van der Waals surface area (Å²) in [6.45, 7) is 5.53. The Kier molecular flexibility index (Phi) is 5.58. The number of nitrogens with zero attached hydrogens (tertiary/aromatic N) is 2. The van der Waals surface area contributed by atoms with E-state index in [0.29, 0.717) is 37.5 Å². The molecule has 0 unspecified atom stereocenters. The summed E-state index contributed by atoms with van der Waals surface area (Å²) in [6, 6.07) is 7.15. The van der Waals surface area contributed by atoms with Gasteiger partial charge in [0.1, 0.15) is 0 Å². The largest absolute Gasteiger partial charge is 0.342 e. The monoisotopic (exact) mass is 324 g/mol. The van der Waals surface area contributed by atoms with Crippen LogP contribution in [0.4, 0.5) is 0 Å². The lowest BCUT2D eigenvalue weighted by molar-refractivity contribution is -0.128. The van der Waals surface area contributed by atoms with Gasteiger partial charge in [0, 0.05) is 33.1 Å². The van der Waals surface area contributed by atoms with E-state index in [1.54, 1.807) is 17.0 Å². The van der Waals surface area contributed by atoms with Crippen molar-refractivity contribution in [1.82, 2.24) is 9.21 Å². The van der Waals surface area contributed by atoms with Gasteiger partial charge in [-0.25, -0.2) is 8.42 Å². The highest BCUT2D eigenvalue weighted by Gasteiger charge is 2.27. The molecular weight excluding hydrogens is 300 g/mol. The number of aryl methyl sites for hydroxylation is 1. The highest BCUT2D eigenvalue weighted by molar-refractivity contribution is 7.89. The van der Waals surface area contributed by atoms with E-state index in [2.05, 4.69) is 6.92 Å². The van der Waals surface area contributed by atoms with Crippen LogP contribution in [0.2, 0.25) is 0 Å². The molecule has 0 atom stereocenters. The predicted molar refractivity (Wildman–Crippen MR) is 86.1 cm³/mol. The molecule has 1 aromatic carbocycles. The molecule has 1 aliphatic rings. The van der Waals surface area contributed by atoms with Gasteiger partial charge >= 0.3 is 0 Å². The SMILES string of the molecule is CCCc1ccc(S(=O)(=O)N2CCCN(C(C)=O)CC2)cc1. The third-order valence-corrected chi connectivity index (χ3v) is 5.91. The molecule has 0 radical (unpaired) electrons. The summed E-state index contributed by atoms with van der Waals surface area (Å²) in [5.74, 6) is 0.00293. The highest BCUT2D eigenvalue weighted by Crippen LogP contribution is 2.19. The molecule has 22 heavy (non-hydrogen) atoms. The maximum Gasteiger partial charge on any atom is 0.243 e. The topological polar surface area (TPSA) is 57.7 Å². The first-order valence-corrected chi connectivity index (χ1v) is 9.23. The second-order valence-corrected chi connectivity index (χ2v) is 7.60. The second kappa shape index (κ2) is 7.24. The van der Waals surface area contributed by atoms with Gasteiger partial charge in [-0.2, -0.15) is 4.31 Å². The Morgan fingerprint density at radius 2 is 1.77 bits per heavy atom. The van der Waals surface area contributed by atoms with Crippen LogP contribution in [0.1, 0.15) is 32.3 Å². The number of benzene rings is 1. The average molecular weight is 324 g/mol. The molecule has 1 saturated heterocycles. The molecule has 0 spiro atoms. The van der Waals surface area contributed by atoms with Gasteiger partial charge in [-0.05, 0) is 30.5 Å². The Bertz CT molecular complexity index is 611. The van der Waals surface area contributed by atoms with Crippen LogP contribution in [0.25, 0.3) is 0 Å². The maximum absolute atomic E-state index is 12.7. The van der Waals surface area contributed by atoms with E-state index in [-0.39, 0.29) is 5.91 Å². The first-order chi connectivity index (χ1) is 10.4. The second-order valence-electron chi connectivity index (χ2n) is 5.66. The van der Waals surface area contributed by atoms with Crippen LogP contribution in [-0.4, -0.2) is 49.7 Å². The number of sulfonamides is 1. The standard InChI is InChI=1S/C16H24N2O3S/c1-3-5-15-6-8-16(9-7-15)22(20,21)18-11-4-10-17(12-13-18)14(2)19/h6-9H,3-5,10-13H2,1-2H3. The number of hydrogen-bond donors (Lipinski definition) is 0. The van der Waals surface area contributed by atoms with E-state index in [9.17, 15) is 13.2 Å². The van der Waals surface area contributed by atoms with Crippen molar-refractivity contribution in [3.05, 3.63) is 29.8 Å². The lowest BCUT2D eigenvalue weighted by atomic mass is 10.1. The van der Waals surface area contributed by atoms with Crippen LogP contribution < -0.4 is 0 Å². The summed E-state index contributed by atoms with van der Waals surface area (Å²) < 4.78 is 26.9. The van der Waals surface area contributed by atoms with E-state index in [1.807, 2.05) is 12.1 Å². The first-order valence-electron chi connectivity index (χ1n) is 7.79. The lowest BCUT2D eigenvalue weighted by Crippen LogP contribution is -2.36. The number of rotatable bonds is 4. The normalized spacial score (nSPS) is 17.3. The zero-order valence-corrected chi connectivity index (χ0v) is 14.1. The summed E-state index contributed by atoms with van der Waals surface area (Å²) >= 11 is 0. The van der Waals surface area contributed by atoms with Crippen LogP contribution in [0.15, 0.2) is 29.2 Å². The Balaban J connectivity index is 2.14. The number of hydrogen-bond acceptors (Lipinski definition) is 3. The Hall–Kier alpha value is -1.40. The van der Waals surface area contributed by atoms with Crippen molar-refractivity contribution < 1.29 is 13.2 Å². The van der Waals surface area contributed by atoms with Crippen molar-refractivity contribution in [2.45, 2.75) is 38.0 Å². The van der Waals surface area contributed by atoms with E-state index >= 15 is 0 Å². The molecule has 0 aromatic heterocycles. The van der Waals surface area contributed by atoms with Crippen molar-refractivity contribution in [2.24, 2.45) is 0 Å². The first kappa shape index (κ1) is 17.0. The Morgan fingerprint density at radius 3 is 2.36 bits per heavy atom. The van der Waals surface area contributed by atoms with Crippen LogP contribution in [0.5, 0.6) is 0 Å². The number of carbonyl (C=O) groups is 1. The molecule has 2 rings (SSSR count). The molecule has 0 bridgehead atoms. The summed E-state index contributed by atoms with van der Waals surface area (Å²) in [6.07, 6.45) is 2.67. The third-order valence-electron chi connectivity index (χ3n) is 4.00. The van der Waals surface area contributed by atoms with Gasteiger partial charge in [-0.1, -0.05) is 25.5 Å². The van der Waals surface area contributed by atoms with Gasteiger partial charge in [0.15, 0.2) is 0 Å². The molecule has 6 heteroatoms. The minimum Gasteiger partial charge on any atom is -0.342 e. The average Bonchev–Trinajstić information content (AvgIpc) is 2.74. The smallest absolute Gasteiger partial charge is 0.243 e. The predicted octanol–water partition coefficient (Wildman–Crippen LogP) is 1.88. The molecular formula is C16H24N2O3S. The Labute approximate surface area is 133 Å². The molecule has 0 aliphatic carbocycles. The zero-order valence-electron chi connectivity index (χ0n) is 13.3. The van der Waals surface area contributed by atoms with Crippen LogP contribution >= 0.6 is 0 Å². The highest BCUT2D eigenvalue weighted by atomic mass is 32.2. The molecule has 0 saturated carbocycles. The van der Waals surface area contributed by atoms with Crippen molar-refractivity contribution in [1.29, 1.82) is 0 Å². The quantitative estimate of drug-likeness (QED) is 0.850. The van der Waals surface area contributed by atoms with E-state index in [4.69, 9.17) is 0 Å². The van der Waals surface area contributed by atoms with Gasteiger partial charge in [0.25, 0.3) is 0 Å². The van der Waals surface area contributed by atoms with Crippen LogP contribution in [0, 0.1) is 0 Å². The molecule has 0 N–H and O–H groups in total. The lowest BCUT2D eigenvalue weighted by Gasteiger charge is -2.21. The summed E-state index contributed by atoms with van der Waals surface area (Å²) in [7, 11) is -3.47. The van der Waals surface area contributed by atoms with Gasteiger partial charge < -0.3 is 4.90 Å². The van der Waals surface area contributed by atoms with Crippen molar-refractivity contribution in [3.63, 3.8) is 0 Å². The molecule has 1 amide bonds. The molecule has 5 nitrogen and oxygen atoms in total. The minimum absolute atomic E-state index is 0.00293. The van der Waals surface area contributed by atoms with Gasteiger partial charge in [0.05, 0.1) is 4.90 Å². The summed E-state index contributed by atoms with van der Waals surface area (Å²) in [4.78, 5) is 13.5. The molecule has 1 fully saturated rings. The fraction of sp³-hybridized carbons (Fsp3) is 0.562. The fourth-order valence-corrected chi connectivity index (χ4v) is 4.18. The van der Waals surface area contributed by atoms with Crippen LogP contribution in [-0.2, 0) is 21.2 Å². The van der Waals surface area contributed by atoms with E-state index in [1.165, 1.54) is 11.2 Å². The van der Waals surface area contributed by atoms with Crippen molar-refractivity contribution >= 4 is 15.9 Å². The summed E-state index contributed by atoms with van der Waals surface area (Å²) in [5, 5.41) is 0. The Morgan fingerprint density at radius 1 is 1.09 bits per heavy atom. The summed E-state index contributed by atoms with van der Waals surface area (Å²) in [5.41, 5.74) is 1.15. The van der Waals surface area contributed by atoms with E-state index < -0.39 is 10.0 Å². The molecule has 1 aromatic rings. The van der Waals surface area contributed by atoms with Crippen molar-refractivity contribution in [3.8, 4) is 0 Å². The maximum atomic E-state index is 12.7. The number of carbonyl (C=O) groups excluding carboxylic acids is 1. The minimum atomic E-state index is -3.47. The third kappa shape index (κ3) is 3.87. The number of amides is 1. The van der Waals surface area contributed by atoms with Crippen LogP contribution in [0.3, 0.4) is 0 Å².